The molecule has 0 aliphatic carbocycles. The number of hydrogen-bond acceptors (Lipinski definition) is 7. The highest BCUT2D eigenvalue weighted by Gasteiger charge is 2.33. The summed E-state index contributed by atoms with van der Waals surface area (Å²) in [6.07, 6.45) is 1.15. The van der Waals surface area contributed by atoms with E-state index in [0.717, 1.165) is 5.56 Å². The van der Waals surface area contributed by atoms with Crippen LogP contribution in [0.5, 0.6) is 0 Å². The van der Waals surface area contributed by atoms with Crippen molar-refractivity contribution in [2.45, 2.75) is 124 Å². The fourth-order valence-electron chi connectivity index (χ4n) is 4.92. The summed E-state index contributed by atoms with van der Waals surface area (Å²) in [4.78, 5) is 78.1. The molecule has 0 radical (unpaired) electrons. The van der Waals surface area contributed by atoms with Gasteiger partial charge in [-0.15, -0.1) is 0 Å². The van der Waals surface area contributed by atoms with E-state index in [-0.39, 0.29) is 36.5 Å². The van der Waals surface area contributed by atoms with Gasteiger partial charge in [0.25, 0.3) is 0 Å². The van der Waals surface area contributed by atoms with E-state index < -0.39 is 71.8 Å². The lowest BCUT2D eigenvalue weighted by Crippen LogP contribution is -2.60. The number of carbonyl (C=O) groups excluding carboxylic acids is 5. The first-order valence-electron chi connectivity index (χ1n) is 16.9. The van der Waals surface area contributed by atoms with Gasteiger partial charge >= 0.3 is 5.97 Å². The Bertz CT molecular complexity index is 1220. The molecule has 5 amide bonds. The number of nitrogens with one attached hydrogen (secondary N) is 5. The second-order valence-corrected chi connectivity index (χ2v) is 13.8. The maximum Gasteiger partial charge on any atom is 0.326 e. The number of carboxylic acids is 1. The molecule has 48 heavy (non-hydrogen) atoms. The van der Waals surface area contributed by atoms with Crippen LogP contribution in [0, 0.1) is 23.7 Å². The summed E-state index contributed by atoms with van der Waals surface area (Å²) in [5.74, 6) is -4.57. The fraction of sp³-hybridized carbons (Fsp3) is 0.657. The van der Waals surface area contributed by atoms with E-state index >= 15 is 0 Å². The summed E-state index contributed by atoms with van der Waals surface area (Å²) in [5.41, 5.74) is 6.72. The molecule has 0 fully saturated rings. The molecule has 0 aliphatic rings. The molecule has 13 nitrogen and oxygen atoms in total. The molecule has 0 spiro atoms. The van der Waals surface area contributed by atoms with Gasteiger partial charge in [-0.25, -0.2) is 4.79 Å². The average Bonchev–Trinajstić information content (AvgIpc) is 3.01. The van der Waals surface area contributed by atoms with E-state index in [0.29, 0.717) is 12.8 Å². The smallest absolute Gasteiger partial charge is 0.326 e. The Morgan fingerprint density at radius 2 is 1.12 bits per heavy atom. The molecule has 0 heterocycles. The van der Waals surface area contributed by atoms with Gasteiger partial charge < -0.3 is 37.4 Å². The van der Waals surface area contributed by atoms with E-state index in [1.165, 1.54) is 6.92 Å². The van der Waals surface area contributed by atoms with Crippen LogP contribution < -0.4 is 32.3 Å². The minimum atomic E-state index is -1.22. The van der Waals surface area contributed by atoms with Crippen molar-refractivity contribution in [3.8, 4) is 0 Å². The second-order valence-electron chi connectivity index (χ2n) is 13.8. The molecule has 1 rings (SSSR count). The van der Waals surface area contributed by atoms with E-state index in [2.05, 4.69) is 26.6 Å². The zero-order chi connectivity index (χ0) is 36.7. The van der Waals surface area contributed by atoms with Crippen LogP contribution in [-0.4, -0.2) is 76.9 Å². The van der Waals surface area contributed by atoms with Crippen LogP contribution in [0.2, 0.25) is 0 Å². The number of aliphatic carboxylic acids is 1. The van der Waals surface area contributed by atoms with Gasteiger partial charge in [0, 0.05) is 6.42 Å². The number of benzene rings is 1. The van der Waals surface area contributed by atoms with Crippen molar-refractivity contribution in [3.05, 3.63) is 35.9 Å². The SMILES string of the molecule is CC[C@H](C)[C@H](NC(=O)[C@H](C)NC(=O)[C@H](CC(C)C)NC(=O)[C@H](CC(C)C)NC(=O)[C@@H](N)C(C)C)C(=O)N[C@@H](Cc1ccccc1)C(=O)O. The minimum Gasteiger partial charge on any atom is -0.480 e. The van der Waals surface area contributed by atoms with Gasteiger partial charge in [0.15, 0.2) is 0 Å². The lowest BCUT2D eigenvalue weighted by molar-refractivity contribution is -0.142. The monoisotopic (exact) mass is 674 g/mol. The van der Waals surface area contributed by atoms with Crippen LogP contribution >= 0.6 is 0 Å². The minimum absolute atomic E-state index is 0.00534. The van der Waals surface area contributed by atoms with Crippen LogP contribution in [-0.2, 0) is 35.2 Å². The number of carboxylic acid groups (broad SMARTS) is 1. The van der Waals surface area contributed by atoms with Crippen molar-refractivity contribution in [1.82, 2.24) is 26.6 Å². The summed E-state index contributed by atoms with van der Waals surface area (Å²) in [7, 11) is 0. The van der Waals surface area contributed by atoms with E-state index in [9.17, 15) is 33.9 Å². The lowest BCUT2D eigenvalue weighted by atomic mass is 9.97. The maximum atomic E-state index is 13.4. The topological polar surface area (TPSA) is 209 Å². The standard InChI is InChI=1S/C35H58N6O7/c1-10-22(8)29(34(46)40-27(35(47)48)18-24-14-12-11-13-15-24)41-30(42)23(9)37-31(43)25(16-19(2)3)38-32(44)26(17-20(4)5)39-33(45)28(36)21(6)7/h11-15,19-23,25-29H,10,16-18,36H2,1-9H3,(H,37,43)(H,38,44)(H,39,45)(H,40,46)(H,41,42)(H,47,48)/t22-,23-,25-,26-,27-,28-,29-/m0/s1. The fourth-order valence-corrected chi connectivity index (χ4v) is 4.92. The Kier molecular flexibility index (Phi) is 17.8. The Hall–Kier alpha value is -4.00. The van der Waals surface area contributed by atoms with Crippen molar-refractivity contribution >= 4 is 35.5 Å². The van der Waals surface area contributed by atoms with Crippen molar-refractivity contribution in [2.75, 3.05) is 0 Å². The third kappa shape index (κ3) is 14.4. The number of carbonyl (C=O) groups is 6. The Balaban J connectivity index is 3.05. The normalized spacial score (nSPS) is 15.8. The highest BCUT2D eigenvalue weighted by Crippen LogP contribution is 2.12. The van der Waals surface area contributed by atoms with Gasteiger partial charge in [0.2, 0.25) is 29.5 Å². The first kappa shape index (κ1) is 42.0. The molecular formula is C35H58N6O7. The third-order valence-electron chi connectivity index (χ3n) is 8.14. The Labute approximate surface area is 285 Å². The highest BCUT2D eigenvalue weighted by molar-refractivity contribution is 5.96. The maximum absolute atomic E-state index is 13.4. The van der Waals surface area contributed by atoms with Crippen molar-refractivity contribution < 1.29 is 33.9 Å². The first-order chi connectivity index (χ1) is 22.4. The molecule has 0 aliphatic heterocycles. The molecule has 0 bridgehead atoms. The summed E-state index contributed by atoms with van der Waals surface area (Å²) in [5, 5.41) is 23.1. The quantitative estimate of drug-likeness (QED) is 0.108. The lowest BCUT2D eigenvalue weighted by Gasteiger charge is -2.28. The van der Waals surface area contributed by atoms with Crippen LogP contribution in [0.4, 0.5) is 0 Å². The van der Waals surface area contributed by atoms with E-state index in [4.69, 9.17) is 5.73 Å². The molecule has 0 saturated heterocycles. The van der Waals surface area contributed by atoms with Crippen molar-refractivity contribution in [1.29, 1.82) is 0 Å². The summed E-state index contributed by atoms with van der Waals surface area (Å²) < 4.78 is 0. The Morgan fingerprint density at radius 1 is 0.646 bits per heavy atom. The molecule has 0 unspecified atom stereocenters. The average molecular weight is 675 g/mol. The summed E-state index contributed by atoms with van der Waals surface area (Å²) in [6, 6.07) is 2.76. The van der Waals surface area contributed by atoms with Crippen LogP contribution in [0.15, 0.2) is 30.3 Å². The first-order valence-corrected chi connectivity index (χ1v) is 16.9. The Morgan fingerprint density at radius 3 is 1.58 bits per heavy atom. The number of rotatable bonds is 20. The predicted octanol–water partition coefficient (Wildman–Crippen LogP) is 1.88. The molecule has 7 atom stereocenters. The zero-order valence-electron chi connectivity index (χ0n) is 30.0. The van der Waals surface area contributed by atoms with Crippen LogP contribution in [0.25, 0.3) is 0 Å². The summed E-state index contributed by atoms with van der Waals surface area (Å²) >= 11 is 0. The predicted molar refractivity (Wildman–Crippen MR) is 184 cm³/mol. The molecule has 1 aromatic carbocycles. The van der Waals surface area contributed by atoms with Gasteiger partial charge in [-0.2, -0.15) is 0 Å². The summed E-state index contributed by atoms with van der Waals surface area (Å²) in [6.45, 7) is 16.2. The van der Waals surface area contributed by atoms with Crippen LogP contribution in [0.3, 0.4) is 0 Å². The second kappa shape index (κ2) is 20.4. The molecule has 0 aromatic heterocycles. The van der Waals surface area contributed by atoms with Gasteiger partial charge in [-0.05, 0) is 49.0 Å². The molecule has 0 saturated carbocycles. The van der Waals surface area contributed by atoms with Gasteiger partial charge in [-0.1, -0.05) is 92.1 Å². The molecule has 13 heteroatoms. The van der Waals surface area contributed by atoms with Crippen LogP contribution in [0.1, 0.15) is 87.1 Å². The van der Waals surface area contributed by atoms with Gasteiger partial charge in [0.1, 0.15) is 30.2 Å². The van der Waals surface area contributed by atoms with Gasteiger partial charge in [0.05, 0.1) is 6.04 Å². The number of nitrogens with two attached hydrogens (primary N) is 1. The van der Waals surface area contributed by atoms with Crippen molar-refractivity contribution in [2.24, 2.45) is 29.4 Å². The van der Waals surface area contributed by atoms with E-state index in [1.54, 1.807) is 51.1 Å². The zero-order valence-corrected chi connectivity index (χ0v) is 30.0. The van der Waals surface area contributed by atoms with E-state index in [1.807, 2.05) is 34.6 Å². The highest BCUT2D eigenvalue weighted by atomic mass is 16.4. The molecule has 1 aromatic rings. The molecular weight excluding hydrogens is 616 g/mol. The number of amides is 5. The molecule has 8 N–H and O–H groups in total. The third-order valence-corrected chi connectivity index (χ3v) is 8.14. The molecule has 270 valence electrons. The number of hydrogen-bond donors (Lipinski definition) is 7. The largest absolute Gasteiger partial charge is 0.480 e. The van der Waals surface area contributed by atoms with Gasteiger partial charge in [-0.3, -0.25) is 24.0 Å². The van der Waals surface area contributed by atoms with Crippen molar-refractivity contribution in [3.63, 3.8) is 0 Å².